The number of benzene rings is 2. The number of nitrogens with one attached hydrogen (secondary N) is 1. The van der Waals surface area contributed by atoms with Crippen molar-refractivity contribution >= 4 is 27.3 Å². The van der Waals surface area contributed by atoms with E-state index in [1.165, 1.54) is 4.31 Å². The Balaban J connectivity index is 2.31. The number of hydrogen-bond donors (Lipinski definition) is 1. The predicted molar refractivity (Wildman–Crippen MR) is 118 cm³/mol. The number of anilines is 2. The van der Waals surface area contributed by atoms with Crippen LogP contribution in [-0.4, -0.2) is 33.2 Å². The second-order valence-corrected chi connectivity index (χ2v) is 8.75. The number of amides is 1. The number of nitrogens with zero attached hydrogens (tertiary/aromatic N) is 1. The molecule has 1 N–H and O–H groups in total. The van der Waals surface area contributed by atoms with E-state index in [2.05, 4.69) is 11.9 Å². The van der Waals surface area contributed by atoms with Gasteiger partial charge in [0.2, 0.25) is 15.9 Å². The van der Waals surface area contributed by atoms with Crippen LogP contribution in [0.25, 0.3) is 0 Å². The third-order valence-electron chi connectivity index (χ3n) is 4.42. The maximum Gasteiger partial charge on any atom is 0.248 e. The van der Waals surface area contributed by atoms with E-state index >= 15 is 0 Å². The SMILES string of the molecule is C=CCOc1ccc(NC(=O)C(CC)N(c2cc(C)ccc2C)S(C)(=O)=O)cc1. The van der Waals surface area contributed by atoms with E-state index in [1.807, 2.05) is 26.0 Å². The van der Waals surface area contributed by atoms with Gasteiger partial charge in [0.1, 0.15) is 18.4 Å². The van der Waals surface area contributed by atoms with Gasteiger partial charge in [0, 0.05) is 5.69 Å². The van der Waals surface area contributed by atoms with Crippen LogP contribution < -0.4 is 14.4 Å². The van der Waals surface area contributed by atoms with Gasteiger partial charge in [-0.2, -0.15) is 0 Å². The molecule has 2 rings (SSSR count). The topological polar surface area (TPSA) is 75.7 Å². The highest BCUT2D eigenvalue weighted by atomic mass is 32.2. The first-order chi connectivity index (χ1) is 13.7. The molecule has 1 amide bonds. The van der Waals surface area contributed by atoms with Gasteiger partial charge in [0.15, 0.2) is 0 Å². The molecule has 0 aliphatic rings. The minimum atomic E-state index is -3.68. The molecule has 7 heteroatoms. The average Bonchev–Trinajstić information content (AvgIpc) is 2.66. The lowest BCUT2D eigenvalue weighted by Gasteiger charge is -2.31. The van der Waals surface area contributed by atoms with Crippen molar-refractivity contribution in [1.29, 1.82) is 0 Å². The molecule has 2 aromatic carbocycles. The number of sulfonamides is 1. The summed E-state index contributed by atoms with van der Waals surface area (Å²) in [5.74, 6) is 0.265. The lowest BCUT2D eigenvalue weighted by atomic mass is 10.1. The molecule has 1 atom stereocenters. The predicted octanol–water partition coefficient (Wildman–Crippen LogP) is 4.05. The zero-order valence-electron chi connectivity index (χ0n) is 17.3. The van der Waals surface area contributed by atoms with Crippen LogP contribution in [-0.2, 0) is 14.8 Å². The van der Waals surface area contributed by atoms with E-state index in [9.17, 15) is 13.2 Å². The van der Waals surface area contributed by atoms with Crippen LogP contribution in [0.4, 0.5) is 11.4 Å². The Labute approximate surface area is 173 Å². The van der Waals surface area contributed by atoms with Gasteiger partial charge in [0.05, 0.1) is 11.9 Å². The molecule has 0 saturated heterocycles. The van der Waals surface area contributed by atoms with E-state index in [0.29, 0.717) is 30.2 Å². The number of carbonyl (C=O) groups is 1. The molecule has 29 heavy (non-hydrogen) atoms. The van der Waals surface area contributed by atoms with Crippen molar-refractivity contribution in [2.45, 2.75) is 33.2 Å². The van der Waals surface area contributed by atoms with Gasteiger partial charge in [-0.05, 0) is 61.7 Å². The standard InChI is InChI=1S/C22H28N2O4S/c1-6-14-28-19-12-10-18(11-13-19)23-22(25)20(7-2)24(29(5,26)27)21-15-16(3)8-9-17(21)4/h6,8-13,15,20H,1,7,14H2,2-5H3,(H,23,25). The number of carbonyl (C=O) groups excluding carboxylic acids is 1. The van der Waals surface area contributed by atoms with Gasteiger partial charge < -0.3 is 10.1 Å². The normalized spacial score (nSPS) is 12.1. The van der Waals surface area contributed by atoms with Crippen LogP contribution in [0.5, 0.6) is 5.75 Å². The molecule has 0 heterocycles. The highest BCUT2D eigenvalue weighted by Gasteiger charge is 2.32. The van der Waals surface area contributed by atoms with Crippen LogP contribution >= 0.6 is 0 Å². The number of aryl methyl sites for hydroxylation is 2. The summed E-state index contributed by atoms with van der Waals surface area (Å²) in [7, 11) is -3.68. The average molecular weight is 417 g/mol. The number of ether oxygens (including phenoxy) is 1. The molecular weight excluding hydrogens is 388 g/mol. The molecule has 2 aromatic rings. The Morgan fingerprint density at radius 1 is 1.21 bits per heavy atom. The third-order valence-corrected chi connectivity index (χ3v) is 5.59. The summed E-state index contributed by atoms with van der Waals surface area (Å²) in [5, 5.41) is 2.81. The van der Waals surface area contributed by atoms with Crippen molar-refractivity contribution in [1.82, 2.24) is 0 Å². The number of rotatable bonds is 9. The first kappa shape index (κ1) is 22.5. The number of hydrogen-bond acceptors (Lipinski definition) is 4. The van der Waals surface area contributed by atoms with E-state index in [-0.39, 0.29) is 0 Å². The Bertz CT molecular complexity index is 969. The maximum absolute atomic E-state index is 13.0. The van der Waals surface area contributed by atoms with Crippen LogP contribution in [0.15, 0.2) is 55.1 Å². The maximum atomic E-state index is 13.0. The summed E-state index contributed by atoms with van der Waals surface area (Å²) in [6, 6.07) is 11.6. The lowest BCUT2D eigenvalue weighted by Crippen LogP contribution is -2.47. The van der Waals surface area contributed by atoms with Crippen LogP contribution in [0, 0.1) is 13.8 Å². The van der Waals surface area contributed by atoms with E-state index in [4.69, 9.17) is 4.74 Å². The Morgan fingerprint density at radius 2 is 1.86 bits per heavy atom. The molecule has 0 spiro atoms. The van der Waals surface area contributed by atoms with Crippen LogP contribution in [0.2, 0.25) is 0 Å². The fourth-order valence-corrected chi connectivity index (χ4v) is 4.27. The minimum Gasteiger partial charge on any atom is -0.490 e. The summed E-state index contributed by atoms with van der Waals surface area (Å²) >= 11 is 0. The molecule has 156 valence electrons. The highest BCUT2D eigenvalue weighted by molar-refractivity contribution is 7.92. The summed E-state index contributed by atoms with van der Waals surface area (Å²) in [4.78, 5) is 13.0. The van der Waals surface area contributed by atoms with Crippen molar-refractivity contribution < 1.29 is 17.9 Å². The quantitative estimate of drug-likeness (QED) is 0.626. The summed E-state index contributed by atoms with van der Waals surface area (Å²) < 4.78 is 31.9. The van der Waals surface area contributed by atoms with E-state index in [0.717, 1.165) is 17.4 Å². The summed E-state index contributed by atoms with van der Waals surface area (Å²) in [5.41, 5.74) is 2.79. The molecule has 0 bridgehead atoms. The Hall–Kier alpha value is -2.80. The van der Waals surface area contributed by atoms with Crippen molar-refractivity contribution in [2.24, 2.45) is 0 Å². The summed E-state index contributed by atoms with van der Waals surface area (Å²) in [6.07, 6.45) is 3.10. The van der Waals surface area contributed by atoms with E-state index < -0.39 is 22.0 Å². The molecule has 0 saturated carbocycles. The molecule has 0 aliphatic carbocycles. The van der Waals surface area contributed by atoms with Gasteiger partial charge >= 0.3 is 0 Å². The fourth-order valence-electron chi connectivity index (χ4n) is 3.01. The minimum absolute atomic E-state index is 0.326. The van der Waals surface area contributed by atoms with Crippen molar-refractivity contribution in [3.8, 4) is 5.75 Å². The van der Waals surface area contributed by atoms with Gasteiger partial charge in [-0.15, -0.1) is 0 Å². The monoisotopic (exact) mass is 416 g/mol. The zero-order valence-corrected chi connectivity index (χ0v) is 18.1. The van der Waals surface area contributed by atoms with Crippen LogP contribution in [0.1, 0.15) is 24.5 Å². The van der Waals surface area contributed by atoms with Crippen molar-refractivity contribution in [3.05, 3.63) is 66.2 Å². The van der Waals surface area contributed by atoms with Crippen LogP contribution in [0.3, 0.4) is 0 Å². The smallest absolute Gasteiger partial charge is 0.248 e. The Morgan fingerprint density at radius 3 is 2.41 bits per heavy atom. The largest absolute Gasteiger partial charge is 0.490 e. The molecule has 6 nitrogen and oxygen atoms in total. The highest BCUT2D eigenvalue weighted by Crippen LogP contribution is 2.28. The van der Waals surface area contributed by atoms with Crippen molar-refractivity contribution in [3.63, 3.8) is 0 Å². The fraction of sp³-hybridized carbons (Fsp3) is 0.318. The van der Waals surface area contributed by atoms with Gasteiger partial charge in [-0.25, -0.2) is 8.42 Å². The van der Waals surface area contributed by atoms with Gasteiger partial charge in [-0.3, -0.25) is 9.10 Å². The molecule has 0 aliphatic heterocycles. The van der Waals surface area contributed by atoms with Gasteiger partial charge in [0.25, 0.3) is 0 Å². The molecule has 0 aromatic heterocycles. The molecule has 1 unspecified atom stereocenters. The molecule has 0 radical (unpaired) electrons. The molecule has 0 fully saturated rings. The van der Waals surface area contributed by atoms with Gasteiger partial charge in [-0.1, -0.05) is 31.7 Å². The molecular formula is C22H28N2O4S. The first-order valence-corrected chi connectivity index (χ1v) is 11.2. The third kappa shape index (κ3) is 5.84. The van der Waals surface area contributed by atoms with E-state index in [1.54, 1.807) is 43.3 Å². The first-order valence-electron chi connectivity index (χ1n) is 9.38. The lowest BCUT2D eigenvalue weighted by molar-refractivity contribution is -0.117. The second kappa shape index (κ2) is 9.60. The van der Waals surface area contributed by atoms with Crippen molar-refractivity contribution in [2.75, 3.05) is 22.5 Å². The zero-order chi connectivity index (χ0) is 21.6. The second-order valence-electron chi connectivity index (χ2n) is 6.89. The Kier molecular flexibility index (Phi) is 7.45. The summed E-state index contributed by atoms with van der Waals surface area (Å²) in [6.45, 7) is 9.50.